The molecule has 0 fully saturated rings. The number of aryl methyl sites for hydroxylation is 1. The fourth-order valence-electron chi connectivity index (χ4n) is 1.28. The highest BCUT2D eigenvalue weighted by Gasteiger charge is 2.01. The second-order valence-corrected chi connectivity index (χ2v) is 3.14. The first-order chi connectivity index (χ1) is 6.70. The Hall–Kier alpha value is -1.58. The van der Waals surface area contributed by atoms with Gasteiger partial charge in [-0.3, -0.25) is 10.1 Å². The van der Waals surface area contributed by atoms with Crippen molar-refractivity contribution >= 4 is 0 Å². The SMILES string of the molecule is O=[N+]([O-])CCCCc1ccccc1O. The maximum Gasteiger partial charge on any atom is 0.203 e. The first-order valence-corrected chi connectivity index (χ1v) is 4.59. The second-order valence-electron chi connectivity index (χ2n) is 3.14. The lowest BCUT2D eigenvalue weighted by Gasteiger charge is -2.02. The van der Waals surface area contributed by atoms with Crippen LogP contribution in [0.15, 0.2) is 24.3 Å². The summed E-state index contributed by atoms with van der Waals surface area (Å²) in [6, 6.07) is 7.07. The molecule has 76 valence electrons. The van der Waals surface area contributed by atoms with E-state index < -0.39 is 0 Å². The normalized spacial score (nSPS) is 10.0. The van der Waals surface area contributed by atoms with Gasteiger partial charge in [0.1, 0.15) is 5.75 Å². The number of phenolic OH excluding ortho intramolecular Hbond substituents is 1. The Balaban J connectivity index is 2.31. The van der Waals surface area contributed by atoms with Gasteiger partial charge in [-0.05, 0) is 24.5 Å². The predicted molar refractivity (Wildman–Crippen MR) is 52.9 cm³/mol. The number of benzene rings is 1. The smallest absolute Gasteiger partial charge is 0.203 e. The molecule has 0 aromatic heterocycles. The third-order valence-corrected chi connectivity index (χ3v) is 2.03. The molecular formula is C10H13NO3. The van der Waals surface area contributed by atoms with E-state index in [0.29, 0.717) is 12.8 Å². The molecule has 0 saturated carbocycles. The molecule has 4 heteroatoms. The Bertz CT molecular complexity index is 312. The summed E-state index contributed by atoms with van der Waals surface area (Å²) in [4.78, 5) is 9.72. The second kappa shape index (κ2) is 5.21. The van der Waals surface area contributed by atoms with Crippen molar-refractivity contribution in [3.05, 3.63) is 39.9 Å². The van der Waals surface area contributed by atoms with E-state index in [1.165, 1.54) is 0 Å². The maximum atomic E-state index is 10.0. The van der Waals surface area contributed by atoms with Crippen LogP contribution in [0.2, 0.25) is 0 Å². The summed E-state index contributed by atoms with van der Waals surface area (Å²) in [7, 11) is 0. The van der Waals surface area contributed by atoms with Crippen molar-refractivity contribution in [1.82, 2.24) is 0 Å². The average Bonchev–Trinajstić information content (AvgIpc) is 2.15. The van der Waals surface area contributed by atoms with Gasteiger partial charge in [-0.2, -0.15) is 0 Å². The van der Waals surface area contributed by atoms with E-state index >= 15 is 0 Å². The molecule has 0 aliphatic heterocycles. The zero-order chi connectivity index (χ0) is 10.4. The number of aromatic hydroxyl groups is 1. The number of unbranched alkanes of at least 4 members (excludes halogenated alkanes) is 1. The Morgan fingerprint density at radius 2 is 2.00 bits per heavy atom. The average molecular weight is 195 g/mol. The largest absolute Gasteiger partial charge is 0.508 e. The molecule has 0 unspecified atom stereocenters. The van der Waals surface area contributed by atoms with Crippen LogP contribution in [-0.4, -0.2) is 16.6 Å². The molecule has 14 heavy (non-hydrogen) atoms. The summed E-state index contributed by atoms with van der Waals surface area (Å²) in [5.41, 5.74) is 0.857. The van der Waals surface area contributed by atoms with Crippen molar-refractivity contribution in [2.45, 2.75) is 19.3 Å². The van der Waals surface area contributed by atoms with Crippen molar-refractivity contribution in [2.24, 2.45) is 0 Å². The first-order valence-electron chi connectivity index (χ1n) is 4.59. The summed E-state index contributed by atoms with van der Waals surface area (Å²) in [5.74, 6) is 0.272. The Morgan fingerprint density at radius 3 is 2.64 bits per heavy atom. The fraction of sp³-hybridized carbons (Fsp3) is 0.400. The minimum Gasteiger partial charge on any atom is -0.508 e. The molecule has 0 radical (unpaired) electrons. The van der Waals surface area contributed by atoms with E-state index in [0.717, 1.165) is 12.0 Å². The molecule has 0 aliphatic carbocycles. The standard InChI is InChI=1S/C10H13NO3/c12-10-7-2-1-5-9(10)6-3-4-8-11(13)14/h1-2,5,7,12H,3-4,6,8H2. The molecule has 1 rings (SSSR count). The van der Waals surface area contributed by atoms with Crippen molar-refractivity contribution in [3.63, 3.8) is 0 Å². The van der Waals surface area contributed by atoms with E-state index in [2.05, 4.69) is 0 Å². The van der Waals surface area contributed by atoms with Crippen LogP contribution in [0.1, 0.15) is 18.4 Å². The van der Waals surface area contributed by atoms with Crippen molar-refractivity contribution in [2.75, 3.05) is 6.54 Å². The van der Waals surface area contributed by atoms with E-state index in [-0.39, 0.29) is 17.2 Å². The Kier molecular flexibility index (Phi) is 3.91. The number of hydrogen-bond donors (Lipinski definition) is 1. The first kappa shape index (κ1) is 10.5. The molecule has 0 saturated heterocycles. The highest BCUT2D eigenvalue weighted by atomic mass is 16.6. The van der Waals surface area contributed by atoms with E-state index in [1.54, 1.807) is 12.1 Å². The van der Waals surface area contributed by atoms with Crippen LogP contribution in [0.25, 0.3) is 0 Å². The lowest BCUT2D eigenvalue weighted by Crippen LogP contribution is -2.00. The van der Waals surface area contributed by atoms with Crippen LogP contribution in [0.3, 0.4) is 0 Å². The molecule has 0 atom stereocenters. The van der Waals surface area contributed by atoms with Crippen LogP contribution in [-0.2, 0) is 6.42 Å². The van der Waals surface area contributed by atoms with Crippen LogP contribution >= 0.6 is 0 Å². The minimum absolute atomic E-state index is 0.00754. The van der Waals surface area contributed by atoms with Crippen molar-refractivity contribution in [3.8, 4) is 5.75 Å². The van der Waals surface area contributed by atoms with Crippen LogP contribution < -0.4 is 0 Å². The zero-order valence-corrected chi connectivity index (χ0v) is 7.85. The van der Waals surface area contributed by atoms with Gasteiger partial charge in [0.05, 0.1) is 0 Å². The van der Waals surface area contributed by atoms with Crippen molar-refractivity contribution in [1.29, 1.82) is 0 Å². The summed E-state index contributed by atoms with van der Waals surface area (Å²) >= 11 is 0. The topological polar surface area (TPSA) is 63.4 Å². The van der Waals surface area contributed by atoms with Gasteiger partial charge in [-0.15, -0.1) is 0 Å². The van der Waals surface area contributed by atoms with Gasteiger partial charge >= 0.3 is 0 Å². The Labute approximate surface area is 82.3 Å². The summed E-state index contributed by atoms with van der Waals surface area (Å²) in [6.07, 6.45) is 1.99. The molecule has 0 bridgehead atoms. The number of para-hydroxylation sites is 1. The highest BCUT2D eigenvalue weighted by Crippen LogP contribution is 2.17. The molecule has 0 amide bonds. The van der Waals surface area contributed by atoms with Crippen LogP contribution in [0.4, 0.5) is 0 Å². The van der Waals surface area contributed by atoms with Gasteiger partial charge in [0, 0.05) is 11.3 Å². The predicted octanol–water partition coefficient (Wildman–Crippen LogP) is 1.99. The number of nitro groups is 1. The monoisotopic (exact) mass is 195 g/mol. The summed E-state index contributed by atoms with van der Waals surface area (Å²) < 4.78 is 0. The van der Waals surface area contributed by atoms with Crippen molar-refractivity contribution < 1.29 is 10.0 Å². The van der Waals surface area contributed by atoms with Gasteiger partial charge < -0.3 is 5.11 Å². The number of hydrogen-bond acceptors (Lipinski definition) is 3. The molecule has 0 aliphatic rings. The van der Waals surface area contributed by atoms with E-state index in [1.807, 2.05) is 12.1 Å². The third kappa shape index (κ3) is 3.43. The third-order valence-electron chi connectivity index (χ3n) is 2.03. The van der Waals surface area contributed by atoms with Gasteiger partial charge in [0.2, 0.25) is 6.54 Å². The van der Waals surface area contributed by atoms with Crippen LogP contribution in [0.5, 0.6) is 5.75 Å². The molecule has 0 spiro atoms. The number of rotatable bonds is 5. The number of nitrogens with zero attached hydrogens (tertiary/aromatic N) is 1. The van der Waals surface area contributed by atoms with E-state index in [4.69, 9.17) is 0 Å². The fourth-order valence-corrected chi connectivity index (χ4v) is 1.28. The molecule has 4 nitrogen and oxygen atoms in total. The lowest BCUT2D eigenvalue weighted by atomic mass is 10.1. The van der Waals surface area contributed by atoms with Gasteiger partial charge in [-0.25, -0.2) is 0 Å². The van der Waals surface area contributed by atoms with Gasteiger partial charge in [-0.1, -0.05) is 18.2 Å². The lowest BCUT2D eigenvalue weighted by molar-refractivity contribution is -0.480. The number of phenols is 1. The molecular weight excluding hydrogens is 182 g/mol. The summed E-state index contributed by atoms with van der Waals surface area (Å²) in [6.45, 7) is 0.00754. The Morgan fingerprint density at radius 1 is 1.29 bits per heavy atom. The molecule has 1 N–H and O–H groups in total. The molecule has 1 aromatic carbocycles. The van der Waals surface area contributed by atoms with Gasteiger partial charge in [0.15, 0.2) is 0 Å². The van der Waals surface area contributed by atoms with E-state index in [9.17, 15) is 15.2 Å². The maximum absolute atomic E-state index is 10.0. The molecule has 1 aromatic rings. The zero-order valence-electron chi connectivity index (χ0n) is 7.85. The van der Waals surface area contributed by atoms with Gasteiger partial charge in [0.25, 0.3) is 0 Å². The molecule has 0 heterocycles. The quantitative estimate of drug-likeness (QED) is 0.444. The van der Waals surface area contributed by atoms with Crippen LogP contribution in [0, 0.1) is 10.1 Å². The minimum atomic E-state index is -0.315. The highest BCUT2D eigenvalue weighted by molar-refractivity contribution is 5.31. The summed E-state index contributed by atoms with van der Waals surface area (Å²) in [5, 5.41) is 19.4.